The van der Waals surface area contributed by atoms with E-state index in [1.54, 1.807) is 0 Å². The summed E-state index contributed by atoms with van der Waals surface area (Å²) >= 11 is 0. The SMILES string of the molecule is CC(C)C1C=Cc2cc(-c3nc(-c4cccc5c4CCCC5)no3)ccc21. The van der Waals surface area contributed by atoms with Gasteiger partial charge in [0.1, 0.15) is 0 Å². The molecule has 0 amide bonds. The summed E-state index contributed by atoms with van der Waals surface area (Å²) in [5.74, 6) is 2.42. The molecule has 3 aromatic rings. The number of allylic oxidation sites excluding steroid dienone is 1. The van der Waals surface area contributed by atoms with Crippen LogP contribution in [0.15, 0.2) is 47.0 Å². The number of hydrogen-bond donors (Lipinski definition) is 0. The lowest BCUT2D eigenvalue weighted by Crippen LogP contribution is -2.04. The highest BCUT2D eigenvalue weighted by Gasteiger charge is 2.22. The van der Waals surface area contributed by atoms with E-state index in [0.717, 1.165) is 24.0 Å². The predicted octanol–water partition coefficient (Wildman–Crippen LogP) is 6.05. The number of fused-ring (bicyclic) bond motifs is 2. The topological polar surface area (TPSA) is 38.9 Å². The number of hydrogen-bond acceptors (Lipinski definition) is 3. The largest absolute Gasteiger partial charge is 0.334 e. The van der Waals surface area contributed by atoms with Crippen molar-refractivity contribution in [3.63, 3.8) is 0 Å². The molecule has 0 radical (unpaired) electrons. The van der Waals surface area contributed by atoms with E-state index in [0.29, 0.717) is 23.6 Å². The molecule has 0 N–H and O–H groups in total. The van der Waals surface area contributed by atoms with Crippen molar-refractivity contribution in [3.05, 3.63) is 64.7 Å². The Labute approximate surface area is 160 Å². The van der Waals surface area contributed by atoms with Crippen LogP contribution in [-0.2, 0) is 12.8 Å². The quantitative estimate of drug-likeness (QED) is 0.573. The first-order valence-electron chi connectivity index (χ1n) is 9.98. The summed E-state index contributed by atoms with van der Waals surface area (Å²) in [4.78, 5) is 4.74. The summed E-state index contributed by atoms with van der Waals surface area (Å²) in [6.07, 6.45) is 9.29. The van der Waals surface area contributed by atoms with Crippen molar-refractivity contribution in [1.82, 2.24) is 10.1 Å². The molecule has 1 atom stereocenters. The van der Waals surface area contributed by atoms with Gasteiger partial charge in [-0.15, -0.1) is 0 Å². The minimum absolute atomic E-state index is 0.503. The zero-order valence-corrected chi connectivity index (χ0v) is 15.9. The summed E-state index contributed by atoms with van der Waals surface area (Å²) in [5, 5.41) is 4.30. The van der Waals surface area contributed by atoms with Gasteiger partial charge in [-0.1, -0.05) is 55.4 Å². The van der Waals surface area contributed by atoms with Gasteiger partial charge in [0.15, 0.2) is 0 Å². The number of rotatable bonds is 3. The van der Waals surface area contributed by atoms with Crippen LogP contribution in [-0.4, -0.2) is 10.1 Å². The Balaban J connectivity index is 1.50. The minimum atomic E-state index is 0.503. The van der Waals surface area contributed by atoms with Gasteiger partial charge in [-0.25, -0.2) is 0 Å². The lowest BCUT2D eigenvalue weighted by atomic mass is 9.88. The van der Waals surface area contributed by atoms with Gasteiger partial charge in [-0.3, -0.25) is 0 Å². The second-order valence-electron chi connectivity index (χ2n) is 8.05. The van der Waals surface area contributed by atoms with Crippen molar-refractivity contribution in [3.8, 4) is 22.8 Å². The molecular formula is C24H24N2O. The number of benzene rings is 2. The molecule has 2 aliphatic rings. The van der Waals surface area contributed by atoms with Gasteiger partial charge in [-0.2, -0.15) is 4.98 Å². The molecule has 3 heteroatoms. The van der Waals surface area contributed by atoms with Crippen molar-refractivity contribution in [2.24, 2.45) is 5.92 Å². The molecule has 0 aliphatic heterocycles. The summed E-state index contributed by atoms with van der Waals surface area (Å²) in [5.41, 5.74) is 7.61. The highest BCUT2D eigenvalue weighted by Crippen LogP contribution is 2.37. The van der Waals surface area contributed by atoms with E-state index in [9.17, 15) is 0 Å². The Morgan fingerprint density at radius 1 is 1.07 bits per heavy atom. The molecule has 0 saturated heterocycles. The van der Waals surface area contributed by atoms with E-state index in [2.05, 4.69) is 67.6 Å². The Kier molecular flexibility index (Phi) is 3.96. The van der Waals surface area contributed by atoms with Gasteiger partial charge in [0.2, 0.25) is 5.82 Å². The summed E-state index contributed by atoms with van der Waals surface area (Å²) in [7, 11) is 0. The van der Waals surface area contributed by atoms with Gasteiger partial charge in [0, 0.05) is 17.0 Å². The van der Waals surface area contributed by atoms with E-state index in [1.165, 1.54) is 35.1 Å². The highest BCUT2D eigenvalue weighted by molar-refractivity contribution is 5.70. The van der Waals surface area contributed by atoms with Gasteiger partial charge in [0.25, 0.3) is 5.89 Å². The van der Waals surface area contributed by atoms with Crippen molar-refractivity contribution in [1.29, 1.82) is 0 Å². The van der Waals surface area contributed by atoms with Gasteiger partial charge < -0.3 is 4.52 Å². The fraction of sp³-hybridized carbons (Fsp3) is 0.333. The van der Waals surface area contributed by atoms with Crippen molar-refractivity contribution in [2.75, 3.05) is 0 Å². The summed E-state index contributed by atoms with van der Waals surface area (Å²) in [6.45, 7) is 4.53. The number of aryl methyl sites for hydroxylation is 1. The third-order valence-electron chi connectivity index (χ3n) is 5.96. The van der Waals surface area contributed by atoms with E-state index < -0.39 is 0 Å². The molecule has 3 nitrogen and oxygen atoms in total. The Hall–Kier alpha value is -2.68. The lowest BCUT2D eigenvalue weighted by molar-refractivity contribution is 0.432. The van der Waals surface area contributed by atoms with Crippen LogP contribution in [0, 0.1) is 5.92 Å². The smallest absolute Gasteiger partial charge is 0.258 e. The normalized spacial score (nSPS) is 18.0. The molecule has 0 fully saturated rings. The van der Waals surface area contributed by atoms with Gasteiger partial charge in [0.05, 0.1) is 0 Å². The monoisotopic (exact) mass is 356 g/mol. The summed E-state index contributed by atoms with van der Waals surface area (Å²) < 4.78 is 5.65. The lowest BCUT2D eigenvalue weighted by Gasteiger charge is -2.17. The zero-order valence-electron chi connectivity index (χ0n) is 15.9. The minimum Gasteiger partial charge on any atom is -0.334 e. The van der Waals surface area contributed by atoms with E-state index >= 15 is 0 Å². The molecule has 1 unspecified atom stereocenters. The van der Waals surface area contributed by atoms with Crippen LogP contribution in [0.5, 0.6) is 0 Å². The fourth-order valence-electron chi connectivity index (χ4n) is 4.49. The van der Waals surface area contributed by atoms with Crippen LogP contribution in [0.1, 0.15) is 54.9 Å². The van der Waals surface area contributed by atoms with Gasteiger partial charge >= 0.3 is 0 Å². The molecule has 2 aromatic carbocycles. The van der Waals surface area contributed by atoms with Crippen molar-refractivity contribution < 1.29 is 4.52 Å². The molecule has 5 rings (SSSR count). The first-order chi connectivity index (χ1) is 13.2. The fourth-order valence-corrected chi connectivity index (χ4v) is 4.49. The van der Waals surface area contributed by atoms with Crippen molar-refractivity contribution in [2.45, 2.75) is 45.4 Å². The Morgan fingerprint density at radius 3 is 2.85 bits per heavy atom. The molecule has 0 saturated carbocycles. The first kappa shape index (κ1) is 16.5. The summed E-state index contributed by atoms with van der Waals surface area (Å²) in [6, 6.07) is 13.0. The standard InChI is InChI=1S/C24H24N2O/c1-15(2)19-12-10-17-14-18(11-13-21(17)19)24-25-23(26-27-24)22-9-5-7-16-6-3-4-8-20(16)22/h5,7,9-15,19H,3-4,6,8H2,1-2H3. The maximum absolute atomic E-state index is 5.65. The Bertz CT molecular complexity index is 1030. The molecule has 2 aliphatic carbocycles. The van der Waals surface area contributed by atoms with Crippen LogP contribution in [0.3, 0.4) is 0 Å². The molecule has 1 heterocycles. The van der Waals surface area contributed by atoms with Crippen LogP contribution in [0.25, 0.3) is 28.9 Å². The van der Waals surface area contributed by atoms with E-state index in [1.807, 2.05) is 0 Å². The average Bonchev–Trinajstić information content (AvgIpc) is 3.34. The predicted molar refractivity (Wildman–Crippen MR) is 108 cm³/mol. The van der Waals surface area contributed by atoms with E-state index in [4.69, 9.17) is 9.51 Å². The average molecular weight is 356 g/mol. The third kappa shape index (κ3) is 2.82. The van der Waals surface area contributed by atoms with E-state index in [-0.39, 0.29) is 0 Å². The second-order valence-corrected chi connectivity index (χ2v) is 8.05. The van der Waals surface area contributed by atoms with Crippen LogP contribution < -0.4 is 0 Å². The molecule has 1 aromatic heterocycles. The first-order valence-corrected chi connectivity index (χ1v) is 9.98. The second kappa shape index (κ2) is 6.49. The molecule has 0 spiro atoms. The zero-order chi connectivity index (χ0) is 18.4. The molecule has 27 heavy (non-hydrogen) atoms. The van der Waals surface area contributed by atoms with Crippen LogP contribution >= 0.6 is 0 Å². The Morgan fingerprint density at radius 2 is 1.96 bits per heavy atom. The number of nitrogens with zero attached hydrogens (tertiary/aromatic N) is 2. The third-order valence-corrected chi connectivity index (χ3v) is 5.96. The maximum atomic E-state index is 5.65. The molecule has 136 valence electrons. The van der Waals surface area contributed by atoms with Crippen LogP contribution in [0.2, 0.25) is 0 Å². The van der Waals surface area contributed by atoms with Crippen molar-refractivity contribution >= 4 is 6.08 Å². The molecule has 0 bridgehead atoms. The van der Waals surface area contributed by atoms with Crippen LogP contribution in [0.4, 0.5) is 0 Å². The maximum Gasteiger partial charge on any atom is 0.258 e. The highest BCUT2D eigenvalue weighted by atomic mass is 16.5. The molecular weight excluding hydrogens is 332 g/mol. The number of aromatic nitrogens is 2. The van der Waals surface area contributed by atoms with Gasteiger partial charge in [-0.05, 0) is 66.0 Å².